The fourth-order valence-electron chi connectivity index (χ4n) is 4.37. The van der Waals surface area contributed by atoms with E-state index in [9.17, 15) is 18.0 Å². The van der Waals surface area contributed by atoms with Crippen LogP contribution in [0.15, 0.2) is 12.1 Å². The Morgan fingerprint density at radius 1 is 1.15 bits per heavy atom. The first-order chi connectivity index (χ1) is 12.8. The molecule has 4 rings (SSSR count). The molecule has 1 saturated carbocycles. The Bertz CT molecular complexity index is 854. The molecule has 27 heavy (non-hydrogen) atoms. The summed E-state index contributed by atoms with van der Waals surface area (Å²) in [6.07, 6.45) is 1.27. The van der Waals surface area contributed by atoms with E-state index >= 15 is 0 Å². The number of aryl methyl sites for hydroxylation is 1. The summed E-state index contributed by atoms with van der Waals surface area (Å²) in [5, 5.41) is 4.23. The van der Waals surface area contributed by atoms with E-state index in [2.05, 4.69) is 10.1 Å². The number of amides is 1. The summed E-state index contributed by atoms with van der Waals surface area (Å²) in [7, 11) is 0. The second-order valence-corrected chi connectivity index (χ2v) is 7.72. The summed E-state index contributed by atoms with van der Waals surface area (Å²) < 4.78 is 40.9. The Balaban J connectivity index is 1.61. The molecule has 0 spiro atoms. The average Bonchev–Trinajstić information content (AvgIpc) is 3.29. The Kier molecular flexibility index (Phi) is 4.60. The van der Waals surface area contributed by atoms with Gasteiger partial charge in [0.05, 0.1) is 5.69 Å². The van der Waals surface area contributed by atoms with Gasteiger partial charge in [0.15, 0.2) is 5.65 Å². The van der Waals surface area contributed by atoms with Crippen molar-refractivity contribution in [3.8, 4) is 0 Å². The predicted octanol–water partition coefficient (Wildman–Crippen LogP) is 3.95. The second kappa shape index (κ2) is 6.80. The Labute approximate surface area is 155 Å². The van der Waals surface area contributed by atoms with Crippen LogP contribution in [0.25, 0.3) is 5.65 Å². The fraction of sp³-hybridized carbons (Fsp3) is 0.632. The van der Waals surface area contributed by atoms with Crippen LogP contribution in [0.3, 0.4) is 0 Å². The smallest absolute Gasteiger partial charge is 0.342 e. The fourth-order valence-corrected chi connectivity index (χ4v) is 4.37. The quantitative estimate of drug-likeness (QED) is 0.793. The minimum atomic E-state index is -4.49. The Hall–Kier alpha value is -2.12. The number of hydrogen-bond acceptors (Lipinski definition) is 3. The largest absolute Gasteiger partial charge is 0.433 e. The maximum atomic E-state index is 13.3. The number of carbonyl (C=O) groups excluding carboxylic acids is 1. The lowest BCUT2D eigenvalue weighted by molar-refractivity contribution is -0.142. The van der Waals surface area contributed by atoms with Crippen molar-refractivity contribution >= 4 is 11.6 Å². The highest BCUT2D eigenvalue weighted by atomic mass is 19.4. The van der Waals surface area contributed by atoms with Gasteiger partial charge in [-0.25, -0.2) is 9.50 Å². The van der Waals surface area contributed by atoms with E-state index in [0.29, 0.717) is 17.9 Å². The van der Waals surface area contributed by atoms with E-state index in [-0.39, 0.29) is 23.4 Å². The molecule has 3 heterocycles. The maximum Gasteiger partial charge on any atom is 0.433 e. The average molecular weight is 380 g/mol. The number of alkyl halides is 3. The van der Waals surface area contributed by atoms with Crippen LogP contribution >= 0.6 is 0 Å². The SMILES string of the molecule is Cc1cc(C(F)(F)F)n2nc([C@@H]3CCCN(C(=O)C4CCCC4)C3)cc2n1. The minimum Gasteiger partial charge on any atom is -0.342 e. The molecule has 0 N–H and O–H groups in total. The monoisotopic (exact) mass is 380 g/mol. The zero-order chi connectivity index (χ0) is 19.2. The first-order valence-electron chi connectivity index (χ1n) is 9.56. The highest BCUT2D eigenvalue weighted by molar-refractivity contribution is 5.79. The Morgan fingerprint density at radius 2 is 1.89 bits per heavy atom. The lowest BCUT2D eigenvalue weighted by Crippen LogP contribution is -2.41. The van der Waals surface area contributed by atoms with Crippen molar-refractivity contribution in [1.82, 2.24) is 19.5 Å². The zero-order valence-electron chi connectivity index (χ0n) is 15.3. The zero-order valence-corrected chi connectivity index (χ0v) is 15.3. The van der Waals surface area contributed by atoms with Gasteiger partial charge in [0, 0.05) is 36.7 Å². The van der Waals surface area contributed by atoms with Crippen molar-refractivity contribution in [3.05, 3.63) is 29.2 Å². The van der Waals surface area contributed by atoms with Crippen LogP contribution in [0.4, 0.5) is 13.2 Å². The molecule has 146 valence electrons. The van der Waals surface area contributed by atoms with E-state index in [1.54, 1.807) is 13.0 Å². The standard InChI is InChI=1S/C19H23F3N4O/c1-12-9-16(19(20,21)22)26-17(23-12)10-15(24-26)14-7-4-8-25(11-14)18(27)13-5-2-3-6-13/h9-10,13-14H,2-8,11H2,1H3/t14-/m1/s1. The van der Waals surface area contributed by atoms with Gasteiger partial charge in [-0.05, 0) is 38.7 Å². The molecule has 0 unspecified atom stereocenters. The van der Waals surface area contributed by atoms with Gasteiger partial charge in [0.25, 0.3) is 0 Å². The summed E-state index contributed by atoms with van der Waals surface area (Å²) in [4.78, 5) is 18.8. The molecule has 2 aromatic heterocycles. The van der Waals surface area contributed by atoms with E-state index in [1.165, 1.54) is 0 Å². The van der Waals surface area contributed by atoms with Crippen LogP contribution < -0.4 is 0 Å². The van der Waals surface area contributed by atoms with Gasteiger partial charge < -0.3 is 4.90 Å². The summed E-state index contributed by atoms with van der Waals surface area (Å²) in [6.45, 7) is 2.80. The van der Waals surface area contributed by atoms with Crippen molar-refractivity contribution in [3.63, 3.8) is 0 Å². The first kappa shape index (κ1) is 18.3. The number of rotatable bonds is 2. The molecule has 1 amide bonds. The number of carbonyl (C=O) groups is 1. The number of likely N-dealkylation sites (tertiary alicyclic amines) is 1. The number of piperidine rings is 1. The molecule has 1 saturated heterocycles. The normalized spacial score (nSPS) is 21.9. The molecular formula is C19H23F3N4O. The van der Waals surface area contributed by atoms with Gasteiger partial charge in [-0.1, -0.05) is 12.8 Å². The summed E-state index contributed by atoms with van der Waals surface area (Å²) in [5.41, 5.74) is 0.285. The molecule has 2 aliphatic rings. The predicted molar refractivity (Wildman–Crippen MR) is 93.2 cm³/mol. The van der Waals surface area contributed by atoms with E-state index in [0.717, 1.165) is 55.7 Å². The number of fused-ring (bicyclic) bond motifs is 1. The van der Waals surface area contributed by atoms with Crippen LogP contribution in [0.2, 0.25) is 0 Å². The van der Waals surface area contributed by atoms with Gasteiger partial charge in [0.2, 0.25) is 5.91 Å². The minimum absolute atomic E-state index is 0.0489. The lowest BCUT2D eigenvalue weighted by Gasteiger charge is -2.33. The van der Waals surface area contributed by atoms with Gasteiger partial charge >= 0.3 is 6.18 Å². The second-order valence-electron chi connectivity index (χ2n) is 7.72. The van der Waals surface area contributed by atoms with Crippen molar-refractivity contribution < 1.29 is 18.0 Å². The van der Waals surface area contributed by atoms with Crippen LogP contribution in [0.1, 0.15) is 61.5 Å². The van der Waals surface area contributed by atoms with Gasteiger partial charge in [-0.2, -0.15) is 18.3 Å². The van der Waals surface area contributed by atoms with Crippen LogP contribution in [-0.2, 0) is 11.0 Å². The summed E-state index contributed by atoms with van der Waals surface area (Å²) >= 11 is 0. The molecule has 1 atom stereocenters. The van der Waals surface area contributed by atoms with E-state index in [4.69, 9.17) is 0 Å². The lowest BCUT2D eigenvalue weighted by atomic mass is 9.93. The first-order valence-corrected chi connectivity index (χ1v) is 9.56. The van der Waals surface area contributed by atoms with E-state index in [1.807, 2.05) is 4.90 Å². The van der Waals surface area contributed by atoms with E-state index < -0.39 is 11.9 Å². The number of halogens is 3. The Morgan fingerprint density at radius 3 is 2.59 bits per heavy atom. The summed E-state index contributed by atoms with van der Waals surface area (Å²) in [5.74, 6) is 0.268. The third-order valence-corrected chi connectivity index (χ3v) is 5.72. The van der Waals surface area contributed by atoms with Crippen LogP contribution in [0.5, 0.6) is 0 Å². The number of nitrogens with zero attached hydrogens (tertiary/aromatic N) is 4. The van der Waals surface area contributed by atoms with Gasteiger partial charge in [-0.15, -0.1) is 0 Å². The molecule has 2 aromatic rings. The molecule has 0 aromatic carbocycles. The number of hydrogen-bond donors (Lipinski definition) is 0. The van der Waals surface area contributed by atoms with Crippen molar-refractivity contribution in [2.45, 2.75) is 57.5 Å². The van der Waals surface area contributed by atoms with Crippen molar-refractivity contribution in [2.75, 3.05) is 13.1 Å². The van der Waals surface area contributed by atoms with Crippen molar-refractivity contribution in [1.29, 1.82) is 0 Å². The highest BCUT2D eigenvalue weighted by Gasteiger charge is 2.36. The molecule has 8 heteroatoms. The molecule has 2 fully saturated rings. The van der Waals surface area contributed by atoms with Crippen molar-refractivity contribution in [2.24, 2.45) is 5.92 Å². The molecular weight excluding hydrogens is 357 g/mol. The topological polar surface area (TPSA) is 50.5 Å². The van der Waals surface area contributed by atoms with Gasteiger partial charge in [-0.3, -0.25) is 4.79 Å². The summed E-state index contributed by atoms with van der Waals surface area (Å²) in [6, 6.07) is 2.65. The highest BCUT2D eigenvalue weighted by Crippen LogP contribution is 2.33. The third-order valence-electron chi connectivity index (χ3n) is 5.72. The molecule has 0 radical (unpaired) electrons. The van der Waals surface area contributed by atoms with Crippen LogP contribution in [-0.4, -0.2) is 38.5 Å². The molecule has 1 aliphatic heterocycles. The van der Waals surface area contributed by atoms with Gasteiger partial charge in [0.1, 0.15) is 5.69 Å². The molecule has 0 bridgehead atoms. The number of aromatic nitrogens is 3. The maximum absolute atomic E-state index is 13.3. The third kappa shape index (κ3) is 3.53. The molecule has 5 nitrogen and oxygen atoms in total. The van der Waals surface area contributed by atoms with Crippen LogP contribution in [0, 0.1) is 12.8 Å². The molecule has 1 aliphatic carbocycles.